The molecule has 1 aliphatic carbocycles. The first-order valence-electron chi connectivity index (χ1n) is 11.9. The highest BCUT2D eigenvalue weighted by Gasteiger charge is 2.28. The predicted octanol–water partition coefficient (Wildman–Crippen LogP) is 4.87. The van der Waals surface area contributed by atoms with E-state index in [1.54, 1.807) is 55.5 Å². The number of thiophene rings is 1. The molecule has 196 valence electrons. The highest BCUT2D eigenvalue weighted by atomic mass is 79.9. The lowest BCUT2D eigenvalue weighted by Gasteiger charge is -2.12. The summed E-state index contributed by atoms with van der Waals surface area (Å²) >= 11 is 4.61. The third-order valence-electron chi connectivity index (χ3n) is 5.63. The number of anilines is 1. The van der Waals surface area contributed by atoms with Gasteiger partial charge in [-0.15, -0.1) is 11.3 Å². The maximum absolute atomic E-state index is 12.5. The van der Waals surface area contributed by atoms with E-state index in [1.807, 2.05) is 0 Å². The summed E-state index contributed by atoms with van der Waals surface area (Å²) < 4.78 is 11.4. The number of carbonyl (C=O) groups excluding carboxylic acids is 4. The maximum atomic E-state index is 12.5. The molecule has 0 atom stereocenters. The number of hydrogen-bond acceptors (Lipinski definition) is 8. The average Bonchev–Trinajstić information content (AvgIpc) is 3.28. The first-order chi connectivity index (χ1) is 18.4. The molecule has 9 nitrogen and oxygen atoms in total. The average molecular weight is 598 g/mol. The van der Waals surface area contributed by atoms with Gasteiger partial charge in [0.15, 0.2) is 0 Å². The molecule has 1 heterocycles. The lowest BCUT2D eigenvalue weighted by Crippen LogP contribution is -2.32. The molecule has 11 heteroatoms. The van der Waals surface area contributed by atoms with E-state index >= 15 is 0 Å². The SMILES string of the molecule is CCOC(=O)c1c(NC(=O)C(=O)NN=Cc2ccc(OC(=O)c3ccc(Br)cc3)cc2)sc2c1CCCC2. The number of amides is 2. The second-order valence-corrected chi connectivity index (χ2v) is 10.3. The lowest BCUT2D eigenvalue weighted by molar-refractivity contribution is -0.136. The summed E-state index contributed by atoms with van der Waals surface area (Å²) in [5.74, 6) is -2.58. The Balaban J connectivity index is 1.33. The molecule has 0 aliphatic heterocycles. The van der Waals surface area contributed by atoms with Crippen molar-refractivity contribution in [3.8, 4) is 5.75 Å². The number of hydrogen-bond donors (Lipinski definition) is 2. The molecule has 4 rings (SSSR count). The van der Waals surface area contributed by atoms with Gasteiger partial charge in [-0.3, -0.25) is 9.59 Å². The van der Waals surface area contributed by atoms with Crippen LogP contribution < -0.4 is 15.5 Å². The summed E-state index contributed by atoms with van der Waals surface area (Å²) in [6, 6.07) is 13.2. The number of fused-ring (bicyclic) bond motifs is 1. The molecule has 0 fully saturated rings. The minimum Gasteiger partial charge on any atom is -0.462 e. The van der Waals surface area contributed by atoms with E-state index in [1.165, 1.54) is 17.6 Å². The van der Waals surface area contributed by atoms with Gasteiger partial charge in [0.25, 0.3) is 0 Å². The molecule has 0 spiro atoms. The summed E-state index contributed by atoms with van der Waals surface area (Å²) in [5, 5.41) is 6.67. The molecule has 0 saturated heterocycles. The van der Waals surface area contributed by atoms with Crippen molar-refractivity contribution in [3.63, 3.8) is 0 Å². The number of hydrazone groups is 1. The molecule has 1 aliphatic rings. The predicted molar refractivity (Wildman–Crippen MR) is 147 cm³/mol. The van der Waals surface area contributed by atoms with Crippen LogP contribution in [0.1, 0.15) is 56.5 Å². The summed E-state index contributed by atoms with van der Waals surface area (Å²) in [4.78, 5) is 50.6. The summed E-state index contributed by atoms with van der Waals surface area (Å²) in [6.45, 7) is 1.92. The Bertz CT molecular complexity index is 1380. The van der Waals surface area contributed by atoms with Gasteiger partial charge in [-0.25, -0.2) is 15.0 Å². The number of nitrogens with one attached hydrogen (secondary N) is 2. The largest absolute Gasteiger partial charge is 0.462 e. The zero-order valence-corrected chi connectivity index (χ0v) is 22.8. The summed E-state index contributed by atoms with van der Waals surface area (Å²) in [5.41, 5.74) is 4.41. The van der Waals surface area contributed by atoms with E-state index in [2.05, 4.69) is 31.8 Å². The van der Waals surface area contributed by atoms with Crippen LogP contribution in [0.3, 0.4) is 0 Å². The summed E-state index contributed by atoms with van der Waals surface area (Å²) in [6.07, 6.45) is 4.86. The van der Waals surface area contributed by atoms with Crippen LogP contribution in [0, 0.1) is 0 Å². The molecule has 1 aromatic heterocycles. The van der Waals surface area contributed by atoms with Crippen LogP contribution in [-0.4, -0.2) is 36.6 Å². The van der Waals surface area contributed by atoms with Gasteiger partial charge in [-0.2, -0.15) is 5.10 Å². The third-order valence-corrected chi connectivity index (χ3v) is 7.37. The molecule has 0 saturated carbocycles. The standard InChI is InChI=1S/C27H24BrN3O6S/c1-2-36-27(35)22-20-5-3-4-6-21(20)38-25(22)30-23(32)24(33)31-29-15-16-7-13-19(14-8-16)37-26(34)17-9-11-18(28)12-10-17/h7-15H,2-6H2,1H3,(H,30,32)(H,31,33). The quantitative estimate of drug-likeness (QED) is 0.132. The number of aryl methyl sites for hydroxylation is 1. The van der Waals surface area contributed by atoms with Crippen molar-refractivity contribution in [3.05, 3.63) is 80.1 Å². The fourth-order valence-electron chi connectivity index (χ4n) is 3.82. The molecule has 0 bridgehead atoms. The van der Waals surface area contributed by atoms with E-state index in [4.69, 9.17) is 9.47 Å². The maximum Gasteiger partial charge on any atom is 0.343 e. The van der Waals surface area contributed by atoms with Crippen LogP contribution in [0.2, 0.25) is 0 Å². The van der Waals surface area contributed by atoms with Gasteiger partial charge in [-0.05, 0) is 92.3 Å². The Labute approximate surface area is 231 Å². The van der Waals surface area contributed by atoms with Crippen LogP contribution in [0.4, 0.5) is 5.00 Å². The number of nitrogens with zero attached hydrogens (tertiary/aromatic N) is 1. The topological polar surface area (TPSA) is 123 Å². The Morgan fingerprint density at radius 2 is 1.68 bits per heavy atom. The van der Waals surface area contributed by atoms with Crippen molar-refractivity contribution in [1.29, 1.82) is 0 Å². The van der Waals surface area contributed by atoms with Crippen LogP contribution in [0.5, 0.6) is 5.75 Å². The van der Waals surface area contributed by atoms with E-state index in [-0.39, 0.29) is 6.61 Å². The van der Waals surface area contributed by atoms with Crippen molar-refractivity contribution < 1.29 is 28.7 Å². The van der Waals surface area contributed by atoms with Crippen LogP contribution in [0.25, 0.3) is 0 Å². The van der Waals surface area contributed by atoms with Crippen molar-refractivity contribution in [2.24, 2.45) is 5.10 Å². The molecule has 3 aromatic rings. The number of rotatable bonds is 7. The van der Waals surface area contributed by atoms with Crippen molar-refractivity contribution in [2.45, 2.75) is 32.6 Å². The van der Waals surface area contributed by atoms with E-state index in [0.29, 0.717) is 27.4 Å². The van der Waals surface area contributed by atoms with Crippen LogP contribution >= 0.6 is 27.3 Å². The van der Waals surface area contributed by atoms with Gasteiger partial charge in [0.1, 0.15) is 10.8 Å². The van der Waals surface area contributed by atoms with Crippen molar-refractivity contribution in [2.75, 3.05) is 11.9 Å². The van der Waals surface area contributed by atoms with E-state index < -0.39 is 23.8 Å². The first-order valence-corrected chi connectivity index (χ1v) is 13.5. The Kier molecular flexibility index (Phi) is 9.03. The van der Waals surface area contributed by atoms with Gasteiger partial charge in [0.05, 0.1) is 23.9 Å². The Morgan fingerprint density at radius 3 is 2.39 bits per heavy atom. The van der Waals surface area contributed by atoms with Gasteiger partial charge in [0, 0.05) is 9.35 Å². The fraction of sp³-hybridized carbons (Fsp3) is 0.222. The van der Waals surface area contributed by atoms with Crippen molar-refractivity contribution in [1.82, 2.24) is 5.43 Å². The number of ether oxygens (including phenoxy) is 2. The van der Waals surface area contributed by atoms with Crippen LogP contribution in [-0.2, 0) is 27.2 Å². The molecular weight excluding hydrogens is 574 g/mol. The van der Waals surface area contributed by atoms with E-state index in [9.17, 15) is 19.2 Å². The molecule has 2 N–H and O–H groups in total. The molecule has 0 unspecified atom stereocenters. The molecular formula is C27H24BrN3O6S. The molecule has 0 radical (unpaired) electrons. The monoisotopic (exact) mass is 597 g/mol. The highest BCUT2D eigenvalue weighted by Crippen LogP contribution is 2.38. The Hall–Kier alpha value is -3.83. The second kappa shape index (κ2) is 12.6. The third kappa shape index (κ3) is 6.73. The molecule has 2 amide bonds. The Morgan fingerprint density at radius 1 is 0.974 bits per heavy atom. The fourth-order valence-corrected chi connectivity index (χ4v) is 5.36. The smallest absolute Gasteiger partial charge is 0.343 e. The number of carbonyl (C=O) groups is 4. The number of halogens is 1. The minimum atomic E-state index is -0.984. The van der Waals surface area contributed by atoms with Crippen LogP contribution in [0.15, 0.2) is 58.1 Å². The lowest BCUT2D eigenvalue weighted by atomic mass is 9.95. The zero-order valence-electron chi connectivity index (χ0n) is 20.4. The second-order valence-electron chi connectivity index (χ2n) is 8.25. The highest BCUT2D eigenvalue weighted by molar-refractivity contribution is 9.10. The van der Waals surface area contributed by atoms with Gasteiger partial charge >= 0.3 is 23.8 Å². The summed E-state index contributed by atoms with van der Waals surface area (Å²) in [7, 11) is 0. The number of benzene rings is 2. The zero-order chi connectivity index (χ0) is 27.1. The number of esters is 2. The molecule has 38 heavy (non-hydrogen) atoms. The van der Waals surface area contributed by atoms with Crippen molar-refractivity contribution >= 4 is 62.2 Å². The molecule has 2 aromatic carbocycles. The normalized spacial score (nSPS) is 12.5. The van der Waals surface area contributed by atoms with Gasteiger partial charge in [0.2, 0.25) is 0 Å². The van der Waals surface area contributed by atoms with Gasteiger partial charge in [-0.1, -0.05) is 15.9 Å². The first kappa shape index (κ1) is 27.2. The minimum absolute atomic E-state index is 0.209. The van der Waals surface area contributed by atoms with E-state index in [0.717, 1.165) is 40.6 Å². The van der Waals surface area contributed by atoms with Gasteiger partial charge < -0.3 is 14.8 Å².